The third kappa shape index (κ3) is 3.42. The summed E-state index contributed by atoms with van der Waals surface area (Å²) in [4.78, 5) is 22.5. The molecule has 0 spiro atoms. The molecule has 0 bridgehead atoms. The van der Waals surface area contributed by atoms with E-state index in [9.17, 15) is 9.59 Å². The van der Waals surface area contributed by atoms with Gasteiger partial charge >= 0.3 is 5.97 Å². The molecule has 0 aromatic heterocycles. The van der Waals surface area contributed by atoms with Crippen LogP contribution in [-0.2, 0) is 9.59 Å². The zero-order chi connectivity index (χ0) is 11.3. The standard InChI is InChI=1S/C8H15N3O3/c1-4-6(7(13)14)11(3)8(9)10-5(2)12/h6H,4H2,1-3H3,(H,13,14)(H2,9,10,12). The Kier molecular flexibility index (Phi) is 4.62. The van der Waals surface area contributed by atoms with E-state index in [-0.39, 0.29) is 11.9 Å². The van der Waals surface area contributed by atoms with Gasteiger partial charge in [-0.3, -0.25) is 15.5 Å². The monoisotopic (exact) mass is 201 g/mol. The summed E-state index contributed by atoms with van der Waals surface area (Å²) in [6.45, 7) is 2.97. The van der Waals surface area contributed by atoms with Crippen LogP contribution in [0.3, 0.4) is 0 Å². The van der Waals surface area contributed by atoms with Crippen molar-refractivity contribution in [3.8, 4) is 0 Å². The Morgan fingerprint density at radius 2 is 2.07 bits per heavy atom. The van der Waals surface area contributed by atoms with E-state index >= 15 is 0 Å². The van der Waals surface area contributed by atoms with Crippen molar-refractivity contribution in [2.75, 3.05) is 7.05 Å². The molecule has 0 saturated heterocycles. The summed E-state index contributed by atoms with van der Waals surface area (Å²) >= 11 is 0. The molecule has 0 aromatic rings. The zero-order valence-electron chi connectivity index (χ0n) is 8.50. The summed E-state index contributed by atoms with van der Waals surface area (Å²) in [5.41, 5.74) is 0. The molecule has 0 rings (SSSR count). The Morgan fingerprint density at radius 1 is 1.57 bits per heavy atom. The number of hydrogen-bond acceptors (Lipinski definition) is 3. The number of guanidine groups is 1. The topological polar surface area (TPSA) is 93.5 Å². The summed E-state index contributed by atoms with van der Waals surface area (Å²) in [6.07, 6.45) is 0.369. The van der Waals surface area contributed by atoms with Crippen LogP contribution in [0.1, 0.15) is 20.3 Å². The van der Waals surface area contributed by atoms with Crippen LogP contribution in [0.2, 0.25) is 0 Å². The van der Waals surface area contributed by atoms with E-state index < -0.39 is 12.0 Å². The van der Waals surface area contributed by atoms with Crippen LogP contribution in [0.25, 0.3) is 0 Å². The number of hydrogen-bond donors (Lipinski definition) is 3. The van der Waals surface area contributed by atoms with E-state index in [2.05, 4.69) is 5.32 Å². The number of nitrogens with one attached hydrogen (secondary N) is 2. The van der Waals surface area contributed by atoms with Gasteiger partial charge in [0.1, 0.15) is 6.04 Å². The number of rotatable bonds is 3. The fourth-order valence-electron chi connectivity index (χ4n) is 1.02. The normalized spacial score (nSPS) is 11.6. The first kappa shape index (κ1) is 12.4. The molecule has 0 aromatic carbocycles. The van der Waals surface area contributed by atoms with Crippen molar-refractivity contribution >= 4 is 17.8 Å². The fraction of sp³-hybridized carbons (Fsp3) is 0.625. The molecular weight excluding hydrogens is 186 g/mol. The summed E-state index contributed by atoms with van der Waals surface area (Å²) < 4.78 is 0. The smallest absolute Gasteiger partial charge is 0.326 e. The minimum Gasteiger partial charge on any atom is -0.480 e. The highest BCUT2D eigenvalue weighted by atomic mass is 16.4. The Hall–Kier alpha value is -1.59. The van der Waals surface area contributed by atoms with Crippen molar-refractivity contribution in [1.29, 1.82) is 5.41 Å². The largest absolute Gasteiger partial charge is 0.480 e. The zero-order valence-corrected chi connectivity index (χ0v) is 8.50. The quantitative estimate of drug-likeness (QED) is 0.437. The molecule has 0 heterocycles. The first-order chi connectivity index (χ1) is 6.40. The molecule has 80 valence electrons. The van der Waals surface area contributed by atoms with Gasteiger partial charge in [-0.25, -0.2) is 4.79 Å². The molecule has 0 aliphatic rings. The number of carboxylic acids is 1. The average Bonchev–Trinajstić information content (AvgIpc) is 2.03. The van der Waals surface area contributed by atoms with Crippen molar-refractivity contribution in [1.82, 2.24) is 10.2 Å². The van der Waals surface area contributed by atoms with E-state index in [0.717, 1.165) is 0 Å². The van der Waals surface area contributed by atoms with Crippen LogP contribution in [0, 0.1) is 5.41 Å². The van der Waals surface area contributed by atoms with Crippen LogP contribution >= 0.6 is 0 Å². The molecule has 1 unspecified atom stereocenters. The fourth-order valence-corrected chi connectivity index (χ4v) is 1.02. The van der Waals surface area contributed by atoms with Crippen LogP contribution in [-0.4, -0.2) is 40.9 Å². The Labute approximate surface area is 82.4 Å². The number of carboxylic acid groups (broad SMARTS) is 1. The second-order valence-electron chi connectivity index (χ2n) is 2.90. The lowest BCUT2D eigenvalue weighted by Crippen LogP contribution is -2.48. The summed E-state index contributed by atoms with van der Waals surface area (Å²) in [5.74, 6) is -1.60. The maximum Gasteiger partial charge on any atom is 0.326 e. The Bertz CT molecular complexity index is 252. The number of carbonyl (C=O) groups is 2. The van der Waals surface area contributed by atoms with E-state index in [4.69, 9.17) is 10.5 Å². The van der Waals surface area contributed by atoms with Crippen LogP contribution in [0.4, 0.5) is 0 Å². The summed E-state index contributed by atoms with van der Waals surface area (Å²) in [6, 6.07) is -0.783. The Morgan fingerprint density at radius 3 is 2.36 bits per heavy atom. The summed E-state index contributed by atoms with van der Waals surface area (Å²) in [7, 11) is 1.46. The molecule has 0 aliphatic carbocycles. The van der Waals surface area contributed by atoms with Gasteiger partial charge in [0.2, 0.25) is 5.91 Å². The number of carbonyl (C=O) groups excluding carboxylic acids is 1. The van der Waals surface area contributed by atoms with Gasteiger partial charge in [0.25, 0.3) is 0 Å². The van der Waals surface area contributed by atoms with Crippen LogP contribution < -0.4 is 5.32 Å². The number of aliphatic carboxylic acids is 1. The minimum atomic E-state index is -1.01. The van der Waals surface area contributed by atoms with Gasteiger partial charge < -0.3 is 10.0 Å². The second-order valence-corrected chi connectivity index (χ2v) is 2.90. The van der Waals surface area contributed by atoms with Crippen LogP contribution in [0.15, 0.2) is 0 Å². The molecule has 1 amide bonds. The van der Waals surface area contributed by atoms with Crippen molar-refractivity contribution < 1.29 is 14.7 Å². The lowest BCUT2D eigenvalue weighted by Gasteiger charge is -2.25. The highest BCUT2D eigenvalue weighted by Gasteiger charge is 2.22. The van der Waals surface area contributed by atoms with Crippen molar-refractivity contribution in [3.63, 3.8) is 0 Å². The van der Waals surface area contributed by atoms with Gasteiger partial charge in [-0.05, 0) is 6.42 Å². The SMILES string of the molecule is CCC(C(=O)O)N(C)C(=N)NC(C)=O. The first-order valence-electron chi connectivity index (χ1n) is 4.21. The van der Waals surface area contributed by atoms with E-state index in [1.807, 2.05) is 0 Å². The average molecular weight is 201 g/mol. The molecule has 0 saturated carbocycles. The van der Waals surface area contributed by atoms with E-state index in [1.165, 1.54) is 18.9 Å². The minimum absolute atomic E-state index is 0.202. The lowest BCUT2D eigenvalue weighted by molar-refractivity contribution is -0.141. The van der Waals surface area contributed by atoms with Gasteiger partial charge in [-0.2, -0.15) is 0 Å². The van der Waals surface area contributed by atoms with E-state index in [0.29, 0.717) is 6.42 Å². The third-order valence-corrected chi connectivity index (χ3v) is 1.79. The molecule has 6 heteroatoms. The van der Waals surface area contributed by atoms with Crippen molar-refractivity contribution in [3.05, 3.63) is 0 Å². The molecule has 1 atom stereocenters. The maximum atomic E-state index is 10.7. The van der Waals surface area contributed by atoms with Crippen molar-refractivity contribution in [2.24, 2.45) is 0 Å². The first-order valence-corrected chi connectivity index (χ1v) is 4.21. The maximum absolute atomic E-state index is 10.7. The Balaban J connectivity index is 4.42. The van der Waals surface area contributed by atoms with Gasteiger partial charge in [0.05, 0.1) is 0 Å². The van der Waals surface area contributed by atoms with Crippen molar-refractivity contribution in [2.45, 2.75) is 26.3 Å². The molecule has 0 aliphatic heterocycles. The van der Waals surface area contributed by atoms with Gasteiger partial charge in [-0.15, -0.1) is 0 Å². The highest BCUT2D eigenvalue weighted by molar-refractivity contribution is 5.95. The lowest BCUT2D eigenvalue weighted by atomic mass is 10.2. The predicted octanol–water partition coefficient (Wildman–Crippen LogP) is -0.148. The number of amides is 1. The second kappa shape index (κ2) is 5.21. The number of likely N-dealkylation sites (N-methyl/N-ethyl adjacent to an activating group) is 1. The molecule has 6 nitrogen and oxygen atoms in total. The summed E-state index contributed by atoms with van der Waals surface area (Å²) in [5, 5.41) is 18.4. The molecule has 14 heavy (non-hydrogen) atoms. The van der Waals surface area contributed by atoms with Crippen LogP contribution in [0.5, 0.6) is 0 Å². The van der Waals surface area contributed by atoms with Gasteiger partial charge in [-0.1, -0.05) is 6.92 Å². The molecular formula is C8H15N3O3. The van der Waals surface area contributed by atoms with E-state index in [1.54, 1.807) is 6.92 Å². The molecule has 0 radical (unpaired) electrons. The number of nitrogens with zero attached hydrogens (tertiary/aromatic N) is 1. The highest BCUT2D eigenvalue weighted by Crippen LogP contribution is 2.01. The molecule has 0 fully saturated rings. The third-order valence-electron chi connectivity index (χ3n) is 1.79. The van der Waals surface area contributed by atoms with Gasteiger partial charge in [0, 0.05) is 14.0 Å². The predicted molar refractivity (Wildman–Crippen MR) is 51.0 cm³/mol. The molecule has 3 N–H and O–H groups in total. The van der Waals surface area contributed by atoms with Gasteiger partial charge in [0.15, 0.2) is 5.96 Å².